The van der Waals surface area contributed by atoms with Crippen molar-refractivity contribution in [2.75, 3.05) is 6.61 Å². The Hall–Kier alpha value is -0.120. The lowest BCUT2D eigenvalue weighted by molar-refractivity contribution is -0.187. The van der Waals surface area contributed by atoms with E-state index in [-0.39, 0.29) is 18.5 Å². The van der Waals surface area contributed by atoms with Gasteiger partial charge in [-0.1, -0.05) is 0 Å². The molecule has 1 saturated carbocycles. The van der Waals surface area contributed by atoms with Crippen molar-refractivity contribution < 1.29 is 14.6 Å². The molecule has 1 aliphatic carbocycles. The fourth-order valence-electron chi connectivity index (χ4n) is 2.07. The van der Waals surface area contributed by atoms with Crippen LogP contribution >= 0.6 is 0 Å². The van der Waals surface area contributed by atoms with Crippen molar-refractivity contribution in [2.45, 2.75) is 57.0 Å². The van der Waals surface area contributed by atoms with Crippen LogP contribution in [0.5, 0.6) is 0 Å². The Kier molecular flexibility index (Phi) is 3.19. The van der Waals surface area contributed by atoms with Crippen LogP contribution in [0.4, 0.5) is 0 Å². The van der Waals surface area contributed by atoms with E-state index in [1.54, 1.807) is 0 Å². The van der Waals surface area contributed by atoms with E-state index < -0.39 is 0 Å². The first-order valence-corrected chi connectivity index (χ1v) is 5.30. The Bertz CT molecular complexity index is 151. The molecule has 3 heteroatoms. The Balaban J connectivity index is 1.71. The number of rotatable bonds is 2. The predicted molar refractivity (Wildman–Crippen MR) is 48.3 cm³/mol. The molecule has 2 fully saturated rings. The minimum absolute atomic E-state index is 0.00375. The molecule has 0 aromatic rings. The van der Waals surface area contributed by atoms with Crippen molar-refractivity contribution in [1.29, 1.82) is 0 Å². The summed E-state index contributed by atoms with van der Waals surface area (Å²) < 4.78 is 11.2. The van der Waals surface area contributed by atoms with Crippen LogP contribution < -0.4 is 0 Å². The number of aliphatic hydroxyl groups excluding tert-OH is 1. The van der Waals surface area contributed by atoms with Crippen molar-refractivity contribution in [3.05, 3.63) is 0 Å². The first-order valence-electron chi connectivity index (χ1n) is 5.30. The van der Waals surface area contributed by atoms with Gasteiger partial charge in [-0.05, 0) is 38.5 Å². The Morgan fingerprint density at radius 3 is 2.69 bits per heavy atom. The minimum atomic E-state index is -0.145. The minimum Gasteiger partial charge on any atom is -0.393 e. The molecule has 2 aliphatic rings. The monoisotopic (exact) mass is 186 g/mol. The molecule has 1 aliphatic heterocycles. The van der Waals surface area contributed by atoms with Gasteiger partial charge in [0.2, 0.25) is 0 Å². The first-order chi connectivity index (χ1) is 6.34. The molecule has 1 N–H and O–H groups in total. The summed E-state index contributed by atoms with van der Waals surface area (Å²) >= 11 is 0. The molecule has 1 saturated heterocycles. The zero-order chi connectivity index (χ0) is 9.10. The number of ether oxygens (including phenoxy) is 2. The number of aliphatic hydroxyl groups is 1. The molecule has 0 amide bonds. The van der Waals surface area contributed by atoms with E-state index in [1.807, 2.05) is 0 Å². The van der Waals surface area contributed by atoms with Gasteiger partial charge in [0.1, 0.15) is 0 Å². The summed E-state index contributed by atoms with van der Waals surface area (Å²) in [6.07, 6.45) is 6.15. The van der Waals surface area contributed by atoms with Gasteiger partial charge in [-0.15, -0.1) is 0 Å². The van der Waals surface area contributed by atoms with Crippen LogP contribution in [0, 0.1) is 0 Å². The van der Waals surface area contributed by atoms with Crippen molar-refractivity contribution in [1.82, 2.24) is 0 Å². The third-order valence-corrected chi connectivity index (χ3v) is 2.84. The van der Waals surface area contributed by atoms with Gasteiger partial charge >= 0.3 is 0 Å². The zero-order valence-electron chi connectivity index (χ0n) is 7.95. The molecule has 0 aromatic carbocycles. The molecule has 2 unspecified atom stereocenters. The van der Waals surface area contributed by atoms with Crippen LogP contribution in [0.3, 0.4) is 0 Å². The van der Waals surface area contributed by atoms with Gasteiger partial charge in [0.05, 0.1) is 12.2 Å². The van der Waals surface area contributed by atoms with Crippen molar-refractivity contribution in [2.24, 2.45) is 0 Å². The lowest BCUT2D eigenvalue weighted by atomic mass is 10.2. The summed E-state index contributed by atoms with van der Waals surface area (Å²) in [4.78, 5) is 0. The first kappa shape index (κ1) is 9.44. The molecule has 1 heterocycles. The summed E-state index contributed by atoms with van der Waals surface area (Å²) in [6.45, 7) is 0.833. The molecule has 3 nitrogen and oxygen atoms in total. The fraction of sp³-hybridized carbons (Fsp3) is 1.00. The molecule has 0 spiro atoms. The topological polar surface area (TPSA) is 38.7 Å². The standard InChI is InChI=1S/C10H18O3/c11-8-4-5-9(7-8)13-10-3-1-2-6-12-10/h8-11H,1-7H2/t8?,9-,10?/m1/s1. The van der Waals surface area contributed by atoms with Crippen LogP contribution in [0.1, 0.15) is 38.5 Å². The fourth-order valence-corrected chi connectivity index (χ4v) is 2.07. The molecular weight excluding hydrogens is 168 g/mol. The number of hydrogen-bond acceptors (Lipinski definition) is 3. The van der Waals surface area contributed by atoms with Gasteiger partial charge < -0.3 is 14.6 Å². The van der Waals surface area contributed by atoms with Gasteiger partial charge in [0.25, 0.3) is 0 Å². The van der Waals surface area contributed by atoms with Gasteiger partial charge in [-0.2, -0.15) is 0 Å². The smallest absolute Gasteiger partial charge is 0.157 e. The lowest BCUT2D eigenvalue weighted by Crippen LogP contribution is -2.26. The normalized spacial score (nSPS) is 40.8. The van der Waals surface area contributed by atoms with Crippen LogP contribution in [0.2, 0.25) is 0 Å². The average molecular weight is 186 g/mol. The maximum atomic E-state index is 9.31. The molecule has 0 aromatic heterocycles. The van der Waals surface area contributed by atoms with Gasteiger partial charge in [0, 0.05) is 6.61 Å². The molecule has 0 radical (unpaired) electrons. The largest absolute Gasteiger partial charge is 0.393 e. The summed E-state index contributed by atoms with van der Waals surface area (Å²) in [5.74, 6) is 0. The highest BCUT2D eigenvalue weighted by Gasteiger charge is 2.27. The van der Waals surface area contributed by atoms with Gasteiger partial charge in [0.15, 0.2) is 6.29 Å². The Labute approximate surface area is 79.0 Å². The summed E-state index contributed by atoms with van der Waals surface area (Å²) in [5, 5.41) is 9.31. The third kappa shape index (κ3) is 2.66. The molecular formula is C10H18O3. The maximum Gasteiger partial charge on any atom is 0.157 e. The van der Waals surface area contributed by atoms with E-state index in [4.69, 9.17) is 9.47 Å². The van der Waals surface area contributed by atoms with Crippen molar-refractivity contribution >= 4 is 0 Å². The lowest BCUT2D eigenvalue weighted by Gasteiger charge is -2.25. The second kappa shape index (κ2) is 4.40. The van der Waals surface area contributed by atoms with E-state index in [9.17, 15) is 5.11 Å². The van der Waals surface area contributed by atoms with E-state index in [0.29, 0.717) is 0 Å². The van der Waals surface area contributed by atoms with E-state index in [1.165, 1.54) is 6.42 Å². The molecule has 13 heavy (non-hydrogen) atoms. The maximum absolute atomic E-state index is 9.31. The summed E-state index contributed by atoms with van der Waals surface area (Å²) in [6, 6.07) is 0. The van der Waals surface area contributed by atoms with E-state index in [2.05, 4.69) is 0 Å². The van der Waals surface area contributed by atoms with Crippen LogP contribution in [-0.4, -0.2) is 30.2 Å². The molecule has 76 valence electrons. The van der Waals surface area contributed by atoms with E-state index in [0.717, 1.165) is 38.7 Å². The van der Waals surface area contributed by atoms with Crippen LogP contribution in [0.15, 0.2) is 0 Å². The Morgan fingerprint density at radius 2 is 2.08 bits per heavy atom. The van der Waals surface area contributed by atoms with Crippen molar-refractivity contribution in [3.63, 3.8) is 0 Å². The molecule has 0 bridgehead atoms. The average Bonchev–Trinajstić information content (AvgIpc) is 2.53. The number of hydrogen-bond donors (Lipinski definition) is 1. The highest BCUT2D eigenvalue weighted by molar-refractivity contribution is 4.75. The summed E-state index contributed by atoms with van der Waals surface area (Å²) in [5.41, 5.74) is 0. The van der Waals surface area contributed by atoms with Gasteiger partial charge in [-0.3, -0.25) is 0 Å². The summed E-state index contributed by atoms with van der Waals surface area (Å²) in [7, 11) is 0. The molecule has 3 atom stereocenters. The highest BCUT2D eigenvalue weighted by Crippen LogP contribution is 2.25. The van der Waals surface area contributed by atoms with Crippen molar-refractivity contribution in [3.8, 4) is 0 Å². The predicted octanol–water partition coefficient (Wildman–Crippen LogP) is 1.44. The quantitative estimate of drug-likeness (QED) is 0.709. The third-order valence-electron chi connectivity index (χ3n) is 2.84. The van der Waals surface area contributed by atoms with Crippen LogP contribution in [0.25, 0.3) is 0 Å². The Morgan fingerprint density at radius 1 is 1.15 bits per heavy atom. The van der Waals surface area contributed by atoms with Gasteiger partial charge in [-0.25, -0.2) is 0 Å². The second-order valence-electron chi connectivity index (χ2n) is 4.02. The van der Waals surface area contributed by atoms with Crippen LogP contribution in [-0.2, 0) is 9.47 Å². The second-order valence-corrected chi connectivity index (χ2v) is 4.02. The molecule has 2 rings (SSSR count). The SMILES string of the molecule is OC1CC[C@@H](OC2CCCCO2)C1. The van der Waals surface area contributed by atoms with E-state index >= 15 is 0 Å². The highest BCUT2D eigenvalue weighted by atomic mass is 16.7. The zero-order valence-corrected chi connectivity index (χ0v) is 7.95.